The molecule has 1 aliphatic heterocycles. The van der Waals surface area contributed by atoms with Crippen molar-refractivity contribution in [3.8, 4) is 6.07 Å². The van der Waals surface area contributed by atoms with E-state index in [0.717, 1.165) is 11.3 Å². The van der Waals surface area contributed by atoms with Gasteiger partial charge in [-0.05, 0) is 24.6 Å². The number of fused-ring (bicyclic) bond motifs is 1. The van der Waals surface area contributed by atoms with Crippen LogP contribution in [0.15, 0.2) is 48.5 Å². The number of anilines is 2. The Morgan fingerprint density at radius 3 is 2.60 bits per heavy atom. The summed E-state index contributed by atoms with van der Waals surface area (Å²) in [7, 11) is 0. The summed E-state index contributed by atoms with van der Waals surface area (Å²) in [4.78, 5) is 12.3. The molecule has 0 bridgehead atoms. The van der Waals surface area contributed by atoms with Crippen molar-refractivity contribution < 1.29 is 4.79 Å². The van der Waals surface area contributed by atoms with Crippen molar-refractivity contribution in [1.82, 2.24) is 0 Å². The molecule has 1 aliphatic rings. The number of benzene rings is 2. The van der Waals surface area contributed by atoms with Crippen LogP contribution in [0.1, 0.15) is 11.1 Å². The molecule has 0 fully saturated rings. The SMILES string of the molecule is Cc1ccccc1N[C@]1(C#N)C(=O)Nc2ccccc21. The van der Waals surface area contributed by atoms with Gasteiger partial charge in [-0.3, -0.25) is 4.79 Å². The molecule has 1 atom stereocenters. The van der Waals surface area contributed by atoms with Crippen LogP contribution in [0.3, 0.4) is 0 Å². The first-order valence-electron chi connectivity index (χ1n) is 6.33. The molecule has 0 unspecified atom stereocenters. The first kappa shape index (κ1) is 12.2. The number of rotatable bonds is 2. The zero-order chi connectivity index (χ0) is 14.2. The van der Waals surface area contributed by atoms with E-state index in [0.29, 0.717) is 11.3 Å². The molecule has 2 aromatic rings. The Kier molecular flexibility index (Phi) is 2.69. The Balaban J connectivity index is 2.12. The van der Waals surface area contributed by atoms with Crippen LogP contribution in [0.4, 0.5) is 11.4 Å². The van der Waals surface area contributed by atoms with Crippen LogP contribution < -0.4 is 10.6 Å². The minimum atomic E-state index is -1.37. The van der Waals surface area contributed by atoms with Crippen LogP contribution in [-0.2, 0) is 10.3 Å². The zero-order valence-corrected chi connectivity index (χ0v) is 11.0. The highest BCUT2D eigenvalue weighted by molar-refractivity contribution is 6.10. The molecule has 4 nitrogen and oxygen atoms in total. The zero-order valence-electron chi connectivity index (χ0n) is 11.0. The molecule has 1 amide bonds. The summed E-state index contributed by atoms with van der Waals surface area (Å²) in [5, 5.41) is 15.5. The third-order valence-electron chi connectivity index (χ3n) is 3.55. The van der Waals surface area contributed by atoms with Crippen LogP contribution in [-0.4, -0.2) is 5.91 Å². The molecule has 1 heterocycles. The van der Waals surface area contributed by atoms with E-state index in [-0.39, 0.29) is 5.91 Å². The van der Waals surface area contributed by atoms with Crippen molar-refractivity contribution in [1.29, 1.82) is 5.26 Å². The Bertz CT molecular complexity index is 732. The minimum Gasteiger partial charge on any atom is -0.356 e. The predicted molar refractivity (Wildman–Crippen MR) is 77.2 cm³/mol. The van der Waals surface area contributed by atoms with Crippen LogP contribution in [0.25, 0.3) is 0 Å². The second-order valence-electron chi connectivity index (χ2n) is 4.80. The molecular formula is C16H13N3O. The fourth-order valence-electron chi connectivity index (χ4n) is 2.44. The number of nitrogens with one attached hydrogen (secondary N) is 2. The summed E-state index contributed by atoms with van der Waals surface area (Å²) in [5.74, 6) is -0.343. The van der Waals surface area contributed by atoms with Gasteiger partial charge in [0.15, 0.2) is 0 Å². The Hall–Kier alpha value is -2.80. The van der Waals surface area contributed by atoms with Gasteiger partial charge < -0.3 is 10.6 Å². The first-order valence-corrected chi connectivity index (χ1v) is 6.33. The molecule has 3 rings (SSSR count). The summed E-state index contributed by atoms with van der Waals surface area (Å²) in [5.41, 5.74) is 1.74. The number of nitriles is 1. The fourth-order valence-corrected chi connectivity index (χ4v) is 2.44. The van der Waals surface area contributed by atoms with E-state index in [1.165, 1.54) is 0 Å². The highest BCUT2D eigenvalue weighted by Crippen LogP contribution is 2.38. The predicted octanol–water partition coefficient (Wildman–Crippen LogP) is 2.78. The van der Waals surface area contributed by atoms with E-state index < -0.39 is 5.54 Å². The van der Waals surface area contributed by atoms with Gasteiger partial charge in [-0.25, -0.2) is 0 Å². The number of carbonyl (C=O) groups is 1. The second-order valence-corrected chi connectivity index (χ2v) is 4.80. The summed E-state index contributed by atoms with van der Waals surface area (Å²) in [6.07, 6.45) is 0. The summed E-state index contributed by atoms with van der Waals surface area (Å²) < 4.78 is 0. The lowest BCUT2D eigenvalue weighted by atomic mass is 9.92. The number of nitrogens with zero attached hydrogens (tertiary/aromatic N) is 1. The lowest BCUT2D eigenvalue weighted by Gasteiger charge is -2.23. The Morgan fingerprint density at radius 1 is 1.15 bits per heavy atom. The average molecular weight is 263 g/mol. The third kappa shape index (κ3) is 1.64. The number of para-hydroxylation sites is 2. The quantitative estimate of drug-likeness (QED) is 0.875. The van der Waals surface area contributed by atoms with E-state index in [2.05, 4.69) is 16.7 Å². The second kappa shape index (κ2) is 4.39. The molecule has 0 aliphatic carbocycles. The lowest BCUT2D eigenvalue weighted by Crippen LogP contribution is -2.40. The van der Waals surface area contributed by atoms with Gasteiger partial charge in [0.1, 0.15) is 6.07 Å². The van der Waals surface area contributed by atoms with Gasteiger partial charge in [0.05, 0.1) is 0 Å². The highest BCUT2D eigenvalue weighted by Gasteiger charge is 2.47. The number of carbonyl (C=O) groups excluding carboxylic acids is 1. The summed E-state index contributed by atoms with van der Waals surface area (Å²) in [6, 6.07) is 17.0. The topological polar surface area (TPSA) is 64.9 Å². The van der Waals surface area contributed by atoms with E-state index in [4.69, 9.17) is 0 Å². The van der Waals surface area contributed by atoms with Crippen molar-refractivity contribution in [2.24, 2.45) is 0 Å². The molecular weight excluding hydrogens is 250 g/mol. The summed E-state index contributed by atoms with van der Waals surface area (Å²) in [6.45, 7) is 1.94. The maximum absolute atomic E-state index is 12.3. The minimum absolute atomic E-state index is 0.343. The van der Waals surface area contributed by atoms with Crippen molar-refractivity contribution >= 4 is 17.3 Å². The molecule has 0 aromatic heterocycles. The Morgan fingerprint density at radius 2 is 1.85 bits per heavy atom. The number of aryl methyl sites for hydroxylation is 1. The van der Waals surface area contributed by atoms with Gasteiger partial charge in [-0.1, -0.05) is 36.4 Å². The standard InChI is InChI=1S/C16H13N3O/c1-11-6-2-4-8-13(11)19-16(10-17)12-7-3-5-9-14(12)18-15(16)20/h2-9,19H,1H3,(H,18,20)/t16-/m0/s1. The van der Waals surface area contributed by atoms with Crippen molar-refractivity contribution in [3.05, 3.63) is 59.7 Å². The van der Waals surface area contributed by atoms with Gasteiger partial charge in [-0.2, -0.15) is 5.26 Å². The molecule has 4 heteroatoms. The summed E-state index contributed by atoms with van der Waals surface area (Å²) >= 11 is 0. The van der Waals surface area contributed by atoms with Crippen molar-refractivity contribution in [2.45, 2.75) is 12.5 Å². The van der Waals surface area contributed by atoms with Crippen LogP contribution in [0.2, 0.25) is 0 Å². The smallest absolute Gasteiger partial charge is 0.269 e. The molecule has 2 aromatic carbocycles. The van der Waals surface area contributed by atoms with Gasteiger partial charge in [0, 0.05) is 16.9 Å². The first-order chi connectivity index (χ1) is 9.67. The molecule has 0 radical (unpaired) electrons. The van der Waals surface area contributed by atoms with Crippen molar-refractivity contribution in [2.75, 3.05) is 10.6 Å². The fraction of sp³-hybridized carbons (Fsp3) is 0.125. The largest absolute Gasteiger partial charge is 0.356 e. The number of hydrogen-bond donors (Lipinski definition) is 2. The molecule has 2 N–H and O–H groups in total. The van der Waals surface area contributed by atoms with E-state index in [1.54, 1.807) is 12.1 Å². The van der Waals surface area contributed by atoms with E-state index in [1.807, 2.05) is 43.3 Å². The maximum Gasteiger partial charge on any atom is 0.269 e. The van der Waals surface area contributed by atoms with Gasteiger partial charge in [-0.15, -0.1) is 0 Å². The third-order valence-corrected chi connectivity index (χ3v) is 3.55. The van der Waals surface area contributed by atoms with E-state index in [9.17, 15) is 10.1 Å². The molecule has 0 spiro atoms. The van der Waals surface area contributed by atoms with Gasteiger partial charge in [0.25, 0.3) is 5.91 Å². The van der Waals surface area contributed by atoms with Gasteiger partial charge in [0.2, 0.25) is 5.54 Å². The Labute approximate surface area is 117 Å². The van der Waals surface area contributed by atoms with Gasteiger partial charge >= 0.3 is 0 Å². The molecule has 20 heavy (non-hydrogen) atoms. The maximum atomic E-state index is 12.3. The van der Waals surface area contributed by atoms with Crippen LogP contribution in [0, 0.1) is 18.3 Å². The molecule has 98 valence electrons. The average Bonchev–Trinajstić information content (AvgIpc) is 2.74. The number of amides is 1. The van der Waals surface area contributed by atoms with Crippen LogP contribution >= 0.6 is 0 Å². The highest BCUT2D eigenvalue weighted by atomic mass is 16.2. The van der Waals surface area contributed by atoms with Crippen LogP contribution in [0.5, 0.6) is 0 Å². The van der Waals surface area contributed by atoms with Crippen molar-refractivity contribution in [3.63, 3.8) is 0 Å². The monoisotopic (exact) mass is 263 g/mol. The van der Waals surface area contributed by atoms with E-state index >= 15 is 0 Å². The lowest BCUT2D eigenvalue weighted by molar-refractivity contribution is -0.118. The molecule has 0 saturated heterocycles. The molecule has 0 saturated carbocycles. The normalized spacial score (nSPS) is 19.9. The number of hydrogen-bond acceptors (Lipinski definition) is 3.